The number of halogens is 1. The monoisotopic (exact) mass is 321 g/mol. The van der Waals surface area contributed by atoms with Crippen molar-refractivity contribution in [1.29, 1.82) is 0 Å². The number of para-hydroxylation sites is 2. The van der Waals surface area contributed by atoms with E-state index >= 15 is 0 Å². The zero-order chi connectivity index (χ0) is 16.5. The molecule has 4 nitrogen and oxygen atoms in total. The average molecular weight is 321 g/mol. The summed E-state index contributed by atoms with van der Waals surface area (Å²) in [5.74, 6) is -0.149. The molecule has 24 heavy (non-hydrogen) atoms. The molecule has 0 bridgehead atoms. The molecule has 0 unspecified atom stereocenters. The van der Waals surface area contributed by atoms with Crippen molar-refractivity contribution in [2.24, 2.45) is 5.92 Å². The van der Waals surface area contributed by atoms with Crippen LogP contribution in [0.3, 0.4) is 0 Å². The molecule has 4 rings (SSSR count). The number of imidazole rings is 1. The van der Waals surface area contributed by atoms with E-state index in [-0.39, 0.29) is 23.6 Å². The Morgan fingerprint density at radius 2 is 1.96 bits per heavy atom. The first-order valence-corrected chi connectivity index (χ1v) is 7.86. The van der Waals surface area contributed by atoms with Crippen molar-refractivity contribution in [3.8, 4) is 5.69 Å². The van der Waals surface area contributed by atoms with Crippen LogP contribution in [0.4, 0.5) is 10.1 Å². The van der Waals surface area contributed by atoms with Crippen LogP contribution in [0.2, 0.25) is 0 Å². The highest BCUT2D eigenvalue weighted by Crippen LogP contribution is 2.48. The molecule has 3 aromatic rings. The fraction of sp³-hybridized carbons (Fsp3) is 0.158. The molecule has 1 aliphatic carbocycles. The molecule has 120 valence electrons. The van der Waals surface area contributed by atoms with E-state index in [0.717, 1.165) is 23.4 Å². The highest BCUT2D eigenvalue weighted by atomic mass is 19.1. The number of anilines is 1. The number of nitrogens with zero attached hydrogens (tertiary/aromatic N) is 2. The lowest BCUT2D eigenvalue weighted by Crippen LogP contribution is -2.16. The number of rotatable bonds is 4. The molecular formula is C19H16FN3O. The molecular weight excluding hydrogens is 305 g/mol. The molecule has 0 radical (unpaired) electrons. The lowest BCUT2D eigenvalue weighted by Gasteiger charge is -2.11. The zero-order valence-corrected chi connectivity index (χ0v) is 12.9. The van der Waals surface area contributed by atoms with E-state index in [2.05, 4.69) is 10.3 Å². The van der Waals surface area contributed by atoms with Crippen molar-refractivity contribution in [1.82, 2.24) is 9.55 Å². The first-order chi connectivity index (χ1) is 11.7. The second-order valence-electron chi connectivity index (χ2n) is 5.98. The van der Waals surface area contributed by atoms with E-state index in [9.17, 15) is 9.18 Å². The Hall–Kier alpha value is -2.95. The second-order valence-corrected chi connectivity index (χ2v) is 5.98. The van der Waals surface area contributed by atoms with Gasteiger partial charge < -0.3 is 9.88 Å². The van der Waals surface area contributed by atoms with E-state index in [1.807, 2.05) is 35.0 Å². The van der Waals surface area contributed by atoms with Crippen LogP contribution in [0.25, 0.3) is 5.69 Å². The number of benzene rings is 2. The summed E-state index contributed by atoms with van der Waals surface area (Å²) in [7, 11) is 0. The Balaban J connectivity index is 1.49. The third-order valence-corrected chi connectivity index (χ3v) is 4.37. The maximum absolute atomic E-state index is 13.0. The van der Waals surface area contributed by atoms with Gasteiger partial charge in [0, 0.05) is 18.3 Å². The van der Waals surface area contributed by atoms with Crippen LogP contribution in [0.1, 0.15) is 17.9 Å². The van der Waals surface area contributed by atoms with Gasteiger partial charge in [0.15, 0.2) is 0 Å². The molecule has 1 heterocycles. The van der Waals surface area contributed by atoms with Crippen molar-refractivity contribution < 1.29 is 9.18 Å². The molecule has 0 aliphatic heterocycles. The molecule has 1 fully saturated rings. The topological polar surface area (TPSA) is 46.9 Å². The van der Waals surface area contributed by atoms with Crippen LogP contribution in [0, 0.1) is 11.7 Å². The van der Waals surface area contributed by atoms with Gasteiger partial charge in [0.05, 0.1) is 17.7 Å². The number of nitrogens with one attached hydrogen (secondary N) is 1. The van der Waals surface area contributed by atoms with Gasteiger partial charge in [0.25, 0.3) is 0 Å². The quantitative estimate of drug-likeness (QED) is 0.795. The second kappa shape index (κ2) is 5.92. The maximum Gasteiger partial charge on any atom is 0.228 e. The minimum Gasteiger partial charge on any atom is -0.324 e. The minimum atomic E-state index is -0.255. The summed E-state index contributed by atoms with van der Waals surface area (Å²) in [6.45, 7) is 0. The molecule has 2 atom stereocenters. The van der Waals surface area contributed by atoms with Gasteiger partial charge >= 0.3 is 0 Å². The van der Waals surface area contributed by atoms with Crippen LogP contribution in [-0.2, 0) is 4.79 Å². The summed E-state index contributed by atoms with van der Waals surface area (Å²) in [4.78, 5) is 16.6. The van der Waals surface area contributed by atoms with Crippen LogP contribution in [0.15, 0.2) is 67.3 Å². The predicted molar refractivity (Wildman–Crippen MR) is 89.4 cm³/mol. The van der Waals surface area contributed by atoms with Crippen molar-refractivity contribution in [2.75, 3.05) is 5.32 Å². The maximum atomic E-state index is 13.0. The molecule has 1 aromatic heterocycles. The number of carbonyl (C=O) groups is 1. The first-order valence-electron chi connectivity index (χ1n) is 7.86. The average Bonchev–Trinajstić information content (AvgIpc) is 3.21. The van der Waals surface area contributed by atoms with E-state index in [0.29, 0.717) is 0 Å². The Labute approximate surface area is 139 Å². The number of hydrogen-bond acceptors (Lipinski definition) is 2. The van der Waals surface area contributed by atoms with E-state index in [4.69, 9.17) is 0 Å². The Morgan fingerprint density at radius 3 is 2.71 bits per heavy atom. The van der Waals surface area contributed by atoms with Crippen molar-refractivity contribution in [2.45, 2.75) is 12.3 Å². The predicted octanol–water partition coefficient (Wildman–Crippen LogP) is 3.75. The van der Waals surface area contributed by atoms with Gasteiger partial charge in [-0.05, 0) is 42.2 Å². The van der Waals surface area contributed by atoms with Gasteiger partial charge in [-0.2, -0.15) is 0 Å². The summed E-state index contributed by atoms with van der Waals surface area (Å²) < 4.78 is 14.9. The van der Waals surface area contributed by atoms with Gasteiger partial charge in [0.1, 0.15) is 5.82 Å². The first kappa shape index (κ1) is 14.6. The summed E-state index contributed by atoms with van der Waals surface area (Å²) in [5.41, 5.74) is 2.65. The third kappa shape index (κ3) is 2.80. The molecule has 1 saturated carbocycles. The van der Waals surface area contributed by atoms with Crippen molar-refractivity contribution >= 4 is 11.6 Å². The summed E-state index contributed by atoms with van der Waals surface area (Å²) >= 11 is 0. The smallest absolute Gasteiger partial charge is 0.228 e. The van der Waals surface area contributed by atoms with Crippen LogP contribution in [0.5, 0.6) is 0 Å². The van der Waals surface area contributed by atoms with Gasteiger partial charge in [-0.1, -0.05) is 24.3 Å². The lowest BCUT2D eigenvalue weighted by molar-refractivity contribution is -0.117. The van der Waals surface area contributed by atoms with Crippen LogP contribution < -0.4 is 5.32 Å². The van der Waals surface area contributed by atoms with E-state index in [1.54, 1.807) is 24.7 Å². The van der Waals surface area contributed by atoms with Gasteiger partial charge in [-0.25, -0.2) is 9.37 Å². The molecule has 0 saturated heterocycles. The summed E-state index contributed by atoms with van der Waals surface area (Å²) in [6, 6.07) is 14.0. The third-order valence-electron chi connectivity index (χ3n) is 4.37. The highest BCUT2D eigenvalue weighted by molar-refractivity contribution is 5.96. The van der Waals surface area contributed by atoms with Gasteiger partial charge in [-0.15, -0.1) is 0 Å². The molecule has 0 spiro atoms. The number of amides is 1. The minimum absolute atomic E-state index is 0.00288. The van der Waals surface area contributed by atoms with Gasteiger partial charge in [-0.3, -0.25) is 4.79 Å². The zero-order valence-electron chi connectivity index (χ0n) is 12.9. The van der Waals surface area contributed by atoms with Gasteiger partial charge in [0.2, 0.25) is 5.91 Å². The normalized spacial score (nSPS) is 19.0. The SMILES string of the molecule is O=C(Nc1ccccc1-n1ccnc1)[C@@H]1C[C@H]1c1ccc(F)cc1. The van der Waals surface area contributed by atoms with Crippen molar-refractivity contribution in [3.63, 3.8) is 0 Å². The Kier molecular flexibility index (Phi) is 3.61. The summed E-state index contributed by atoms with van der Waals surface area (Å²) in [6.07, 6.45) is 6.03. The molecule has 1 N–H and O–H groups in total. The molecule has 1 aliphatic rings. The highest BCUT2D eigenvalue weighted by Gasteiger charge is 2.44. The summed E-state index contributed by atoms with van der Waals surface area (Å²) in [5, 5.41) is 3.01. The lowest BCUT2D eigenvalue weighted by atomic mass is 10.1. The van der Waals surface area contributed by atoms with Crippen LogP contribution >= 0.6 is 0 Å². The van der Waals surface area contributed by atoms with Crippen LogP contribution in [-0.4, -0.2) is 15.5 Å². The molecule has 2 aromatic carbocycles. The fourth-order valence-corrected chi connectivity index (χ4v) is 2.99. The largest absolute Gasteiger partial charge is 0.324 e. The fourth-order valence-electron chi connectivity index (χ4n) is 2.99. The molecule has 5 heteroatoms. The molecule has 1 amide bonds. The Morgan fingerprint density at radius 1 is 1.17 bits per heavy atom. The Bertz CT molecular complexity index is 859. The van der Waals surface area contributed by atoms with E-state index < -0.39 is 0 Å². The standard InChI is InChI=1S/C19H16FN3O/c20-14-7-5-13(6-8-14)15-11-16(15)19(24)22-17-3-1-2-4-18(17)23-10-9-21-12-23/h1-10,12,15-16H,11H2,(H,22,24)/t15-,16+/m0/s1. The number of aromatic nitrogens is 2. The number of carbonyl (C=O) groups excluding carboxylic acids is 1. The number of hydrogen-bond donors (Lipinski definition) is 1. The van der Waals surface area contributed by atoms with E-state index in [1.165, 1.54) is 12.1 Å². The van der Waals surface area contributed by atoms with Crippen molar-refractivity contribution in [3.05, 3.63) is 78.6 Å².